The minimum atomic E-state index is -0.980. The Bertz CT molecular complexity index is 1140. The quantitative estimate of drug-likeness (QED) is 0.708. The van der Waals surface area contributed by atoms with Crippen LogP contribution < -0.4 is 5.32 Å². The number of fused-ring (bicyclic) bond motifs is 3. The molecule has 2 aromatic rings. The second kappa shape index (κ2) is 7.58. The molecule has 1 atom stereocenters. The minimum Gasteiger partial charge on any atom is -0.481 e. The number of likely N-dealkylation sites (tertiary alicyclic amines) is 1. The molecule has 7 nitrogen and oxygen atoms in total. The molecule has 3 aliphatic carbocycles. The molecule has 7 heteroatoms. The number of carboxylic acid groups (broad SMARTS) is 1. The van der Waals surface area contributed by atoms with Crippen LogP contribution >= 0.6 is 0 Å². The van der Waals surface area contributed by atoms with Crippen LogP contribution in [0.2, 0.25) is 0 Å². The first-order valence-corrected chi connectivity index (χ1v) is 12.1. The van der Waals surface area contributed by atoms with Gasteiger partial charge in [-0.15, -0.1) is 0 Å². The van der Waals surface area contributed by atoms with Crippen LogP contribution in [0.4, 0.5) is 4.79 Å². The van der Waals surface area contributed by atoms with E-state index in [2.05, 4.69) is 29.6 Å². The summed E-state index contributed by atoms with van der Waals surface area (Å²) >= 11 is 0. The van der Waals surface area contributed by atoms with E-state index in [9.17, 15) is 19.5 Å². The number of benzene rings is 2. The summed E-state index contributed by atoms with van der Waals surface area (Å²) in [6.07, 6.45) is 3.05. The highest BCUT2D eigenvalue weighted by atomic mass is 16.5. The van der Waals surface area contributed by atoms with Crippen molar-refractivity contribution in [2.75, 3.05) is 19.7 Å². The van der Waals surface area contributed by atoms with Crippen molar-refractivity contribution in [1.82, 2.24) is 10.2 Å². The Balaban J connectivity index is 1.14. The van der Waals surface area contributed by atoms with E-state index in [0.717, 1.165) is 41.5 Å². The number of hydrogen-bond donors (Lipinski definition) is 2. The van der Waals surface area contributed by atoms with Gasteiger partial charge in [0.25, 0.3) is 0 Å². The molecule has 34 heavy (non-hydrogen) atoms. The SMILES string of the molecule is O=C(NC1(C(=O)N2CC(C(=O)O)C3(CC3)C2)CCC1)OCC1c2ccccc2-c2ccccc21. The van der Waals surface area contributed by atoms with Gasteiger partial charge in [0.15, 0.2) is 0 Å². The molecule has 0 aromatic heterocycles. The lowest BCUT2D eigenvalue weighted by Crippen LogP contribution is -2.63. The van der Waals surface area contributed by atoms with Crippen molar-refractivity contribution in [3.8, 4) is 11.1 Å². The summed E-state index contributed by atoms with van der Waals surface area (Å²) in [6.45, 7) is 0.886. The fourth-order valence-corrected chi connectivity index (χ4v) is 6.19. The average molecular weight is 461 g/mol. The summed E-state index contributed by atoms with van der Waals surface area (Å²) in [5.74, 6) is -1.55. The van der Waals surface area contributed by atoms with Crippen LogP contribution in [0.5, 0.6) is 0 Å². The maximum atomic E-state index is 13.4. The summed E-state index contributed by atoms with van der Waals surface area (Å²) in [6, 6.07) is 16.3. The zero-order valence-corrected chi connectivity index (χ0v) is 19.0. The van der Waals surface area contributed by atoms with E-state index in [1.54, 1.807) is 4.90 Å². The molecule has 2 N–H and O–H groups in total. The molecule has 176 valence electrons. The van der Waals surface area contributed by atoms with Gasteiger partial charge in [0.1, 0.15) is 12.1 Å². The largest absolute Gasteiger partial charge is 0.481 e. The Hall–Kier alpha value is -3.35. The zero-order chi connectivity index (χ0) is 23.5. The molecule has 1 saturated heterocycles. The number of hydrogen-bond acceptors (Lipinski definition) is 4. The summed E-state index contributed by atoms with van der Waals surface area (Å²) < 4.78 is 5.68. The second-order valence-corrected chi connectivity index (χ2v) is 10.3. The molecule has 6 rings (SSSR count). The molecule has 3 fully saturated rings. The lowest BCUT2D eigenvalue weighted by atomic mass is 9.75. The maximum absolute atomic E-state index is 13.4. The van der Waals surface area contributed by atoms with Gasteiger partial charge in [0.05, 0.1) is 5.92 Å². The van der Waals surface area contributed by atoms with Gasteiger partial charge >= 0.3 is 12.1 Å². The molecule has 0 radical (unpaired) electrons. The Morgan fingerprint density at radius 1 is 0.971 bits per heavy atom. The molecule has 2 saturated carbocycles. The van der Waals surface area contributed by atoms with Crippen LogP contribution in [-0.4, -0.2) is 53.2 Å². The summed E-state index contributed by atoms with van der Waals surface area (Å²) in [7, 11) is 0. The lowest BCUT2D eigenvalue weighted by Gasteiger charge is -2.42. The van der Waals surface area contributed by atoms with Crippen LogP contribution in [0.25, 0.3) is 11.1 Å². The first-order chi connectivity index (χ1) is 16.4. The van der Waals surface area contributed by atoms with Crippen molar-refractivity contribution in [2.24, 2.45) is 11.3 Å². The average Bonchev–Trinajstić information content (AvgIpc) is 3.36. The van der Waals surface area contributed by atoms with Crippen molar-refractivity contribution in [3.05, 3.63) is 59.7 Å². The molecular weight excluding hydrogens is 432 g/mol. The number of alkyl carbamates (subject to hydrolysis) is 1. The van der Waals surface area contributed by atoms with E-state index in [-0.39, 0.29) is 30.4 Å². The van der Waals surface area contributed by atoms with E-state index in [1.807, 2.05) is 24.3 Å². The number of amides is 2. The van der Waals surface area contributed by atoms with Gasteiger partial charge in [0.2, 0.25) is 5.91 Å². The molecule has 2 amide bonds. The van der Waals surface area contributed by atoms with E-state index < -0.39 is 23.5 Å². The van der Waals surface area contributed by atoms with Gasteiger partial charge < -0.3 is 20.1 Å². The van der Waals surface area contributed by atoms with Crippen molar-refractivity contribution in [3.63, 3.8) is 0 Å². The van der Waals surface area contributed by atoms with E-state index in [0.29, 0.717) is 19.4 Å². The third-order valence-corrected chi connectivity index (χ3v) is 8.43. The Labute approximate surface area is 198 Å². The first kappa shape index (κ1) is 21.2. The molecule has 1 aliphatic heterocycles. The highest BCUT2D eigenvalue weighted by Gasteiger charge is 2.61. The fraction of sp³-hybridized carbons (Fsp3) is 0.444. The van der Waals surface area contributed by atoms with Crippen molar-refractivity contribution in [2.45, 2.75) is 43.6 Å². The normalized spacial score (nSPS) is 23.1. The molecule has 1 spiro atoms. The van der Waals surface area contributed by atoms with Crippen molar-refractivity contribution in [1.29, 1.82) is 0 Å². The Kier molecular flexibility index (Phi) is 4.73. The van der Waals surface area contributed by atoms with Gasteiger partial charge in [-0.05, 0) is 54.4 Å². The molecule has 4 aliphatic rings. The number of aliphatic carboxylic acids is 1. The smallest absolute Gasteiger partial charge is 0.408 e. The number of nitrogens with zero attached hydrogens (tertiary/aromatic N) is 1. The Morgan fingerprint density at radius 2 is 1.59 bits per heavy atom. The van der Waals surface area contributed by atoms with Gasteiger partial charge in [0, 0.05) is 24.4 Å². The van der Waals surface area contributed by atoms with Crippen LogP contribution in [-0.2, 0) is 14.3 Å². The number of carbonyl (C=O) groups is 3. The van der Waals surface area contributed by atoms with E-state index >= 15 is 0 Å². The number of ether oxygens (including phenoxy) is 1. The van der Waals surface area contributed by atoms with Gasteiger partial charge in [-0.2, -0.15) is 0 Å². The highest BCUT2D eigenvalue weighted by molar-refractivity contribution is 5.92. The third-order valence-electron chi connectivity index (χ3n) is 8.43. The van der Waals surface area contributed by atoms with Crippen LogP contribution in [0.1, 0.15) is 49.1 Å². The van der Waals surface area contributed by atoms with Gasteiger partial charge in [-0.25, -0.2) is 4.79 Å². The van der Waals surface area contributed by atoms with Gasteiger partial charge in [-0.1, -0.05) is 48.5 Å². The predicted octanol–water partition coefficient (Wildman–Crippen LogP) is 3.77. The van der Waals surface area contributed by atoms with E-state index in [4.69, 9.17) is 4.74 Å². The van der Waals surface area contributed by atoms with Crippen molar-refractivity contribution < 1.29 is 24.2 Å². The summed E-state index contributed by atoms with van der Waals surface area (Å²) in [4.78, 5) is 39.6. The maximum Gasteiger partial charge on any atom is 0.408 e. The first-order valence-electron chi connectivity index (χ1n) is 12.1. The topological polar surface area (TPSA) is 95.9 Å². The van der Waals surface area contributed by atoms with E-state index in [1.165, 1.54) is 0 Å². The number of carbonyl (C=O) groups excluding carboxylic acids is 2. The monoisotopic (exact) mass is 460 g/mol. The molecule has 2 aromatic carbocycles. The summed E-state index contributed by atoms with van der Waals surface area (Å²) in [5, 5.41) is 12.5. The summed E-state index contributed by atoms with van der Waals surface area (Å²) in [5.41, 5.74) is 3.35. The van der Waals surface area contributed by atoms with Crippen LogP contribution in [0, 0.1) is 11.3 Å². The fourth-order valence-electron chi connectivity index (χ4n) is 6.19. The molecular formula is C27H28N2O5. The van der Waals surface area contributed by atoms with Crippen molar-refractivity contribution >= 4 is 18.0 Å². The lowest BCUT2D eigenvalue weighted by molar-refractivity contribution is -0.143. The zero-order valence-electron chi connectivity index (χ0n) is 19.0. The third kappa shape index (κ3) is 3.21. The Morgan fingerprint density at radius 3 is 2.09 bits per heavy atom. The second-order valence-electron chi connectivity index (χ2n) is 10.3. The van der Waals surface area contributed by atoms with Gasteiger partial charge in [-0.3, -0.25) is 9.59 Å². The highest BCUT2D eigenvalue weighted by Crippen LogP contribution is 2.57. The number of nitrogens with one attached hydrogen (secondary N) is 1. The van der Waals surface area contributed by atoms with Crippen LogP contribution in [0.15, 0.2) is 48.5 Å². The molecule has 1 unspecified atom stereocenters. The predicted molar refractivity (Wildman–Crippen MR) is 124 cm³/mol. The molecule has 0 bridgehead atoms. The number of carboxylic acids is 1. The number of rotatable bonds is 5. The minimum absolute atomic E-state index is 0.0455. The van der Waals surface area contributed by atoms with Crippen LogP contribution in [0.3, 0.4) is 0 Å². The standard InChI is InChI=1S/C27H28N2O5/c30-23(31)22-14-29(16-26(22)12-13-26)24(32)27(10-5-11-27)28-25(33)34-15-21-19-8-3-1-6-17(19)18-7-2-4-9-20(18)21/h1-4,6-9,21-22H,5,10-16H2,(H,28,33)(H,30,31). The molecule has 1 heterocycles.